The monoisotopic (exact) mass is 440 g/mol. The highest BCUT2D eigenvalue weighted by Gasteiger charge is 2.39. The fourth-order valence-corrected chi connectivity index (χ4v) is 3.61. The van der Waals surface area contributed by atoms with Gasteiger partial charge < -0.3 is 10.1 Å². The van der Waals surface area contributed by atoms with Gasteiger partial charge in [0, 0.05) is 30.5 Å². The number of halogens is 1. The van der Waals surface area contributed by atoms with Crippen molar-refractivity contribution in [3.05, 3.63) is 69.9 Å². The number of unbranched alkanes of at least 4 members (excludes halogenated alkanes) is 1. The van der Waals surface area contributed by atoms with Crippen LogP contribution < -0.4 is 5.32 Å². The largest absolute Gasteiger partial charge is 0.381 e. The zero-order valence-corrected chi connectivity index (χ0v) is 19.1. The summed E-state index contributed by atoms with van der Waals surface area (Å²) in [5.41, 5.74) is 4.00. The second-order valence-corrected chi connectivity index (χ2v) is 8.14. The van der Waals surface area contributed by atoms with Crippen molar-refractivity contribution in [2.75, 3.05) is 25.1 Å². The summed E-state index contributed by atoms with van der Waals surface area (Å²) in [6, 6.07) is 13.1. The zero-order valence-electron chi connectivity index (χ0n) is 18.3. The minimum Gasteiger partial charge on any atom is -0.381 e. The highest BCUT2D eigenvalue weighted by atomic mass is 35.5. The molecule has 0 bridgehead atoms. The second kappa shape index (κ2) is 10.6. The smallest absolute Gasteiger partial charge is 0.278 e. The molecular weight excluding hydrogens is 412 g/mol. The lowest BCUT2D eigenvalue weighted by Gasteiger charge is -2.16. The molecule has 0 saturated heterocycles. The van der Waals surface area contributed by atoms with Gasteiger partial charge in [-0.05, 0) is 49.9 Å². The summed E-state index contributed by atoms with van der Waals surface area (Å²) in [5.74, 6) is -0.613. The number of nitrogens with zero attached hydrogens (tertiary/aromatic N) is 1. The molecular formula is C25H29ClN2O3. The Hall–Kier alpha value is -2.63. The van der Waals surface area contributed by atoms with Crippen LogP contribution in [0.5, 0.6) is 0 Å². The number of hydrogen-bond donors (Lipinski definition) is 1. The van der Waals surface area contributed by atoms with Crippen LogP contribution in [0.3, 0.4) is 0 Å². The van der Waals surface area contributed by atoms with Gasteiger partial charge >= 0.3 is 0 Å². The van der Waals surface area contributed by atoms with Crippen LogP contribution in [0.1, 0.15) is 42.9 Å². The molecule has 2 amide bonds. The van der Waals surface area contributed by atoms with Crippen molar-refractivity contribution in [1.29, 1.82) is 0 Å². The van der Waals surface area contributed by atoms with Gasteiger partial charge in [0.2, 0.25) is 0 Å². The fraction of sp³-hybridized carbons (Fsp3) is 0.360. The minimum atomic E-state index is -0.325. The molecule has 1 N–H and O–H groups in total. The quantitative estimate of drug-likeness (QED) is 0.399. The Morgan fingerprint density at radius 3 is 2.39 bits per heavy atom. The standard InChI is InChI=1S/C25H29ClN2O3/c1-4-5-15-31-16-7-14-28-24(29)22(19-12-10-17(2)11-13-19)23(25(28)30)27-21-9-6-8-20(26)18(21)3/h6,8-13,27H,4-5,7,14-16H2,1-3H3. The Morgan fingerprint density at radius 2 is 1.68 bits per heavy atom. The van der Waals surface area contributed by atoms with E-state index < -0.39 is 0 Å². The van der Waals surface area contributed by atoms with Crippen LogP contribution in [0.2, 0.25) is 5.02 Å². The van der Waals surface area contributed by atoms with E-state index in [-0.39, 0.29) is 17.5 Å². The lowest BCUT2D eigenvalue weighted by atomic mass is 10.0. The molecule has 6 heteroatoms. The lowest BCUT2D eigenvalue weighted by Crippen LogP contribution is -2.34. The molecule has 1 heterocycles. The molecule has 31 heavy (non-hydrogen) atoms. The van der Waals surface area contributed by atoms with Crippen molar-refractivity contribution < 1.29 is 14.3 Å². The highest BCUT2D eigenvalue weighted by Crippen LogP contribution is 2.32. The number of ether oxygens (including phenoxy) is 1. The van der Waals surface area contributed by atoms with Crippen molar-refractivity contribution in [1.82, 2.24) is 4.90 Å². The number of amides is 2. The van der Waals surface area contributed by atoms with Crippen molar-refractivity contribution in [3.63, 3.8) is 0 Å². The van der Waals surface area contributed by atoms with E-state index in [1.165, 1.54) is 4.90 Å². The van der Waals surface area contributed by atoms with Crippen LogP contribution in [0.15, 0.2) is 48.2 Å². The van der Waals surface area contributed by atoms with E-state index in [1.807, 2.05) is 50.2 Å². The van der Waals surface area contributed by atoms with Crippen molar-refractivity contribution in [3.8, 4) is 0 Å². The van der Waals surface area contributed by atoms with E-state index in [1.54, 1.807) is 6.07 Å². The molecule has 1 aliphatic rings. The summed E-state index contributed by atoms with van der Waals surface area (Å²) >= 11 is 6.25. The minimum absolute atomic E-state index is 0.283. The molecule has 0 unspecified atom stereocenters. The van der Waals surface area contributed by atoms with Crippen molar-refractivity contribution in [2.45, 2.75) is 40.0 Å². The third-order valence-corrected chi connectivity index (χ3v) is 5.76. The molecule has 0 spiro atoms. The fourth-order valence-electron chi connectivity index (χ4n) is 3.43. The summed E-state index contributed by atoms with van der Waals surface area (Å²) in [6.07, 6.45) is 2.68. The van der Waals surface area contributed by atoms with E-state index in [0.717, 1.165) is 24.0 Å². The summed E-state index contributed by atoms with van der Waals surface area (Å²) in [6.45, 7) is 7.51. The Balaban J connectivity index is 1.86. The number of anilines is 1. The first-order chi connectivity index (χ1) is 14.9. The molecule has 0 radical (unpaired) electrons. The second-order valence-electron chi connectivity index (χ2n) is 7.73. The molecule has 2 aromatic rings. The van der Waals surface area contributed by atoms with Gasteiger partial charge in [-0.3, -0.25) is 14.5 Å². The highest BCUT2D eigenvalue weighted by molar-refractivity contribution is 6.36. The number of nitrogens with one attached hydrogen (secondary N) is 1. The number of rotatable bonds is 10. The summed E-state index contributed by atoms with van der Waals surface area (Å²) in [7, 11) is 0. The van der Waals surface area contributed by atoms with E-state index in [4.69, 9.17) is 16.3 Å². The Labute approximate surface area is 189 Å². The molecule has 0 aromatic heterocycles. The Morgan fingerprint density at radius 1 is 0.968 bits per heavy atom. The molecule has 0 fully saturated rings. The molecule has 2 aromatic carbocycles. The van der Waals surface area contributed by atoms with Crippen molar-refractivity contribution >= 4 is 34.7 Å². The number of hydrogen-bond acceptors (Lipinski definition) is 4. The molecule has 0 saturated carbocycles. The van der Waals surface area contributed by atoms with Gasteiger partial charge in [-0.15, -0.1) is 0 Å². The van der Waals surface area contributed by atoms with Gasteiger partial charge in [-0.2, -0.15) is 0 Å². The first kappa shape index (κ1) is 23.0. The summed E-state index contributed by atoms with van der Waals surface area (Å²) in [4.78, 5) is 27.8. The zero-order chi connectivity index (χ0) is 22.4. The van der Waals surface area contributed by atoms with Crippen LogP contribution in [0.4, 0.5) is 5.69 Å². The van der Waals surface area contributed by atoms with Gasteiger partial charge in [-0.1, -0.05) is 60.8 Å². The van der Waals surface area contributed by atoms with Gasteiger partial charge in [0.1, 0.15) is 5.70 Å². The molecule has 0 aliphatic carbocycles. The number of benzene rings is 2. The van der Waals surface area contributed by atoms with Crippen LogP contribution in [-0.4, -0.2) is 36.5 Å². The molecule has 5 nitrogen and oxygen atoms in total. The maximum atomic E-state index is 13.3. The number of aryl methyl sites for hydroxylation is 1. The van der Waals surface area contributed by atoms with E-state index >= 15 is 0 Å². The van der Waals surface area contributed by atoms with E-state index in [0.29, 0.717) is 48.0 Å². The number of carbonyl (C=O) groups excluding carboxylic acids is 2. The third-order valence-electron chi connectivity index (χ3n) is 5.35. The van der Waals surface area contributed by atoms with Gasteiger partial charge in [0.15, 0.2) is 0 Å². The average molecular weight is 441 g/mol. The van der Waals surface area contributed by atoms with Crippen LogP contribution in [-0.2, 0) is 14.3 Å². The SMILES string of the molecule is CCCCOCCCN1C(=O)C(Nc2cccc(Cl)c2C)=C(c2ccc(C)cc2)C1=O. The maximum absolute atomic E-state index is 13.3. The predicted octanol–water partition coefficient (Wildman–Crippen LogP) is 5.36. The number of imide groups is 1. The van der Waals surface area contributed by atoms with Crippen LogP contribution >= 0.6 is 11.6 Å². The topological polar surface area (TPSA) is 58.6 Å². The van der Waals surface area contributed by atoms with Gasteiger partial charge in [0.05, 0.1) is 5.57 Å². The first-order valence-electron chi connectivity index (χ1n) is 10.7. The van der Waals surface area contributed by atoms with Gasteiger partial charge in [-0.25, -0.2) is 0 Å². The van der Waals surface area contributed by atoms with E-state index in [9.17, 15) is 9.59 Å². The van der Waals surface area contributed by atoms with E-state index in [2.05, 4.69) is 12.2 Å². The first-order valence-corrected chi connectivity index (χ1v) is 11.1. The number of carbonyl (C=O) groups is 2. The Bertz CT molecular complexity index is 983. The normalized spacial score (nSPS) is 14.0. The molecule has 1 aliphatic heterocycles. The average Bonchev–Trinajstić information content (AvgIpc) is 2.98. The van der Waals surface area contributed by atoms with Crippen LogP contribution in [0.25, 0.3) is 5.57 Å². The van der Waals surface area contributed by atoms with Crippen molar-refractivity contribution in [2.24, 2.45) is 0 Å². The van der Waals surface area contributed by atoms with Crippen LogP contribution in [0, 0.1) is 13.8 Å². The molecule has 0 atom stereocenters. The maximum Gasteiger partial charge on any atom is 0.278 e. The predicted molar refractivity (Wildman–Crippen MR) is 125 cm³/mol. The summed E-state index contributed by atoms with van der Waals surface area (Å²) < 4.78 is 5.59. The Kier molecular flexibility index (Phi) is 7.88. The molecule has 3 rings (SSSR count). The molecule has 164 valence electrons. The summed E-state index contributed by atoms with van der Waals surface area (Å²) in [5, 5.41) is 3.79. The third kappa shape index (κ3) is 5.35. The van der Waals surface area contributed by atoms with Gasteiger partial charge in [0.25, 0.3) is 11.8 Å². The lowest BCUT2D eigenvalue weighted by molar-refractivity contribution is -0.137.